The minimum absolute atomic E-state index is 0.0137. The van der Waals surface area contributed by atoms with Crippen LogP contribution in [0.4, 0.5) is 5.69 Å². The standard InChI is InChI=1S/C15H22N2O2/c1-4-10-16-15(19)9-11-17(13(3)18)14-7-5-12(2)6-8-14/h5-8H,4,9-11H2,1-3H3,(H,16,19). The molecule has 0 atom stereocenters. The maximum atomic E-state index is 11.7. The van der Waals surface area contributed by atoms with E-state index < -0.39 is 0 Å². The molecule has 0 aliphatic rings. The van der Waals surface area contributed by atoms with Gasteiger partial charge < -0.3 is 10.2 Å². The second-order valence-electron chi connectivity index (χ2n) is 4.61. The first kappa shape index (κ1) is 15.2. The van der Waals surface area contributed by atoms with Gasteiger partial charge in [0.15, 0.2) is 0 Å². The number of rotatable bonds is 6. The van der Waals surface area contributed by atoms with Crippen LogP contribution in [-0.2, 0) is 9.59 Å². The summed E-state index contributed by atoms with van der Waals surface area (Å²) in [5.41, 5.74) is 1.98. The normalized spacial score (nSPS) is 10.1. The van der Waals surface area contributed by atoms with E-state index >= 15 is 0 Å². The van der Waals surface area contributed by atoms with E-state index in [1.807, 2.05) is 38.1 Å². The number of carbonyl (C=O) groups excluding carboxylic acids is 2. The summed E-state index contributed by atoms with van der Waals surface area (Å²) in [6, 6.07) is 7.73. The molecule has 0 unspecified atom stereocenters. The molecule has 0 bridgehead atoms. The van der Waals surface area contributed by atoms with Crippen molar-refractivity contribution in [1.82, 2.24) is 5.32 Å². The second-order valence-corrected chi connectivity index (χ2v) is 4.61. The van der Waals surface area contributed by atoms with Crippen LogP contribution in [0.15, 0.2) is 24.3 Å². The van der Waals surface area contributed by atoms with E-state index in [-0.39, 0.29) is 11.8 Å². The molecule has 19 heavy (non-hydrogen) atoms. The first-order valence-corrected chi connectivity index (χ1v) is 6.66. The van der Waals surface area contributed by atoms with Crippen molar-refractivity contribution in [3.8, 4) is 0 Å². The Kier molecular flexibility index (Phi) is 6.06. The van der Waals surface area contributed by atoms with Crippen LogP contribution in [-0.4, -0.2) is 24.9 Å². The molecule has 0 aromatic heterocycles. The van der Waals surface area contributed by atoms with Crippen molar-refractivity contribution in [3.05, 3.63) is 29.8 Å². The van der Waals surface area contributed by atoms with Gasteiger partial charge in [0.05, 0.1) is 0 Å². The highest BCUT2D eigenvalue weighted by Gasteiger charge is 2.12. The van der Waals surface area contributed by atoms with Crippen LogP contribution >= 0.6 is 0 Å². The Balaban J connectivity index is 2.61. The molecular weight excluding hydrogens is 240 g/mol. The van der Waals surface area contributed by atoms with Crippen molar-refractivity contribution in [3.63, 3.8) is 0 Å². The summed E-state index contributed by atoms with van der Waals surface area (Å²) in [5.74, 6) is -0.0626. The maximum absolute atomic E-state index is 11.7. The van der Waals surface area contributed by atoms with Gasteiger partial charge in [-0.05, 0) is 25.5 Å². The molecule has 0 spiro atoms. The highest BCUT2D eigenvalue weighted by atomic mass is 16.2. The average Bonchev–Trinajstić information content (AvgIpc) is 2.38. The number of benzene rings is 1. The van der Waals surface area contributed by atoms with Gasteiger partial charge in [0.25, 0.3) is 0 Å². The van der Waals surface area contributed by atoms with Gasteiger partial charge in [0, 0.05) is 32.1 Å². The van der Waals surface area contributed by atoms with Gasteiger partial charge in [-0.3, -0.25) is 9.59 Å². The quantitative estimate of drug-likeness (QED) is 0.855. The Bertz CT molecular complexity index is 426. The smallest absolute Gasteiger partial charge is 0.223 e. The molecular formula is C15H22N2O2. The number of amides is 2. The second kappa shape index (κ2) is 7.56. The third kappa shape index (κ3) is 5.12. The summed E-state index contributed by atoms with van der Waals surface area (Å²) < 4.78 is 0. The number of carbonyl (C=O) groups is 2. The van der Waals surface area contributed by atoms with E-state index in [1.54, 1.807) is 4.90 Å². The number of nitrogens with zero attached hydrogens (tertiary/aromatic N) is 1. The molecule has 0 radical (unpaired) electrons. The lowest BCUT2D eigenvalue weighted by Crippen LogP contribution is -2.34. The summed E-state index contributed by atoms with van der Waals surface area (Å²) in [7, 11) is 0. The molecule has 4 heteroatoms. The summed E-state index contributed by atoms with van der Waals surface area (Å²) in [6.07, 6.45) is 1.24. The van der Waals surface area contributed by atoms with Gasteiger partial charge in [-0.2, -0.15) is 0 Å². The Hall–Kier alpha value is -1.84. The van der Waals surface area contributed by atoms with Crippen LogP contribution in [0.5, 0.6) is 0 Å². The van der Waals surface area contributed by atoms with Crippen LogP contribution < -0.4 is 10.2 Å². The van der Waals surface area contributed by atoms with E-state index in [1.165, 1.54) is 6.92 Å². The monoisotopic (exact) mass is 262 g/mol. The predicted molar refractivity (Wildman–Crippen MR) is 77.1 cm³/mol. The topological polar surface area (TPSA) is 49.4 Å². The van der Waals surface area contributed by atoms with E-state index in [0.717, 1.165) is 17.7 Å². The van der Waals surface area contributed by atoms with Gasteiger partial charge >= 0.3 is 0 Å². The Labute approximate surface area is 114 Å². The molecule has 104 valence electrons. The fourth-order valence-electron chi connectivity index (χ4n) is 1.76. The van der Waals surface area contributed by atoms with Crippen molar-refractivity contribution in [1.29, 1.82) is 0 Å². The lowest BCUT2D eigenvalue weighted by atomic mass is 10.2. The fraction of sp³-hybridized carbons (Fsp3) is 0.467. The third-order valence-corrected chi connectivity index (χ3v) is 2.86. The van der Waals surface area contributed by atoms with Gasteiger partial charge in [0.1, 0.15) is 0 Å². The lowest BCUT2D eigenvalue weighted by Gasteiger charge is -2.21. The van der Waals surface area contributed by atoms with Crippen molar-refractivity contribution in [2.24, 2.45) is 0 Å². The summed E-state index contributed by atoms with van der Waals surface area (Å²) in [6.45, 7) is 6.62. The van der Waals surface area contributed by atoms with E-state index in [0.29, 0.717) is 19.5 Å². The van der Waals surface area contributed by atoms with Crippen molar-refractivity contribution in [2.75, 3.05) is 18.0 Å². The third-order valence-electron chi connectivity index (χ3n) is 2.86. The Morgan fingerprint density at radius 2 is 1.84 bits per heavy atom. The minimum atomic E-state index is -0.0489. The average molecular weight is 262 g/mol. The molecule has 0 saturated carbocycles. The Morgan fingerprint density at radius 3 is 2.37 bits per heavy atom. The van der Waals surface area contributed by atoms with Crippen LogP contribution in [0.3, 0.4) is 0 Å². The van der Waals surface area contributed by atoms with Gasteiger partial charge in [-0.1, -0.05) is 24.6 Å². The summed E-state index contributed by atoms with van der Waals surface area (Å²) in [5, 5.41) is 2.81. The predicted octanol–water partition coefficient (Wildman–Crippen LogP) is 2.26. The van der Waals surface area contributed by atoms with Crippen molar-refractivity contribution < 1.29 is 9.59 Å². The molecule has 1 aromatic rings. The SMILES string of the molecule is CCCNC(=O)CCN(C(C)=O)c1ccc(C)cc1. The largest absolute Gasteiger partial charge is 0.356 e. The van der Waals surface area contributed by atoms with Crippen LogP contribution in [0, 0.1) is 6.92 Å². The molecule has 1 aromatic carbocycles. The van der Waals surface area contributed by atoms with Crippen LogP contribution in [0.2, 0.25) is 0 Å². The first-order chi connectivity index (χ1) is 9.04. The summed E-state index contributed by atoms with van der Waals surface area (Å²) in [4.78, 5) is 24.8. The first-order valence-electron chi connectivity index (χ1n) is 6.66. The Morgan fingerprint density at radius 1 is 1.21 bits per heavy atom. The minimum Gasteiger partial charge on any atom is -0.356 e. The molecule has 0 saturated heterocycles. The molecule has 0 aliphatic carbocycles. The highest BCUT2D eigenvalue weighted by Crippen LogP contribution is 2.15. The van der Waals surface area contributed by atoms with Gasteiger partial charge in [-0.25, -0.2) is 0 Å². The zero-order valence-corrected chi connectivity index (χ0v) is 11.9. The number of hydrogen-bond acceptors (Lipinski definition) is 2. The number of anilines is 1. The van der Waals surface area contributed by atoms with E-state index in [9.17, 15) is 9.59 Å². The zero-order valence-electron chi connectivity index (χ0n) is 11.9. The molecule has 4 nitrogen and oxygen atoms in total. The van der Waals surface area contributed by atoms with Crippen LogP contribution in [0.25, 0.3) is 0 Å². The number of aryl methyl sites for hydroxylation is 1. The van der Waals surface area contributed by atoms with E-state index in [4.69, 9.17) is 0 Å². The molecule has 1 N–H and O–H groups in total. The molecule has 0 fully saturated rings. The number of nitrogens with one attached hydrogen (secondary N) is 1. The van der Waals surface area contributed by atoms with Gasteiger partial charge in [0.2, 0.25) is 11.8 Å². The highest BCUT2D eigenvalue weighted by molar-refractivity contribution is 5.92. The number of hydrogen-bond donors (Lipinski definition) is 1. The fourth-order valence-corrected chi connectivity index (χ4v) is 1.76. The summed E-state index contributed by atoms with van der Waals surface area (Å²) >= 11 is 0. The van der Waals surface area contributed by atoms with Crippen LogP contribution in [0.1, 0.15) is 32.3 Å². The zero-order chi connectivity index (χ0) is 14.3. The molecule has 2 amide bonds. The molecule has 1 rings (SSSR count). The van der Waals surface area contributed by atoms with E-state index in [2.05, 4.69) is 5.32 Å². The van der Waals surface area contributed by atoms with Crippen molar-refractivity contribution >= 4 is 17.5 Å². The van der Waals surface area contributed by atoms with Crippen molar-refractivity contribution in [2.45, 2.75) is 33.6 Å². The lowest BCUT2D eigenvalue weighted by molar-refractivity contribution is -0.121. The molecule has 0 heterocycles. The maximum Gasteiger partial charge on any atom is 0.223 e. The molecule has 0 aliphatic heterocycles. The van der Waals surface area contributed by atoms with Gasteiger partial charge in [-0.15, -0.1) is 0 Å².